The van der Waals surface area contributed by atoms with Gasteiger partial charge in [-0.2, -0.15) is 0 Å². The van der Waals surface area contributed by atoms with Gasteiger partial charge in [-0.3, -0.25) is 14.2 Å². The van der Waals surface area contributed by atoms with Crippen LogP contribution in [-0.2, 0) is 11.3 Å². The summed E-state index contributed by atoms with van der Waals surface area (Å²) in [5.41, 5.74) is 1.59. The number of fused-ring (bicyclic) bond motifs is 1. The standard InChI is InChI=1S/C22H23N3O2/c26-20(14-25-15-23-19-13-7-6-12-18(19)22(25)27)24-21(17-10-4-5-11-17)16-8-2-1-3-9-16/h1-3,6-9,12-13,15,17,21H,4-5,10-11,14H2,(H,24,26). The van der Waals surface area contributed by atoms with Crippen molar-refractivity contribution in [2.24, 2.45) is 5.92 Å². The van der Waals surface area contributed by atoms with Gasteiger partial charge in [0.05, 0.1) is 23.3 Å². The lowest BCUT2D eigenvalue weighted by atomic mass is 9.91. The van der Waals surface area contributed by atoms with Crippen LogP contribution < -0.4 is 10.9 Å². The van der Waals surface area contributed by atoms with Gasteiger partial charge in [-0.15, -0.1) is 0 Å². The Bertz CT molecular complexity index is 991. The number of rotatable bonds is 5. The highest BCUT2D eigenvalue weighted by atomic mass is 16.2. The van der Waals surface area contributed by atoms with Crippen molar-refractivity contribution in [3.8, 4) is 0 Å². The minimum atomic E-state index is -0.187. The van der Waals surface area contributed by atoms with Crippen LogP contribution in [0, 0.1) is 5.92 Å². The number of aromatic nitrogens is 2. The molecule has 1 unspecified atom stereocenters. The van der Waals surface area contributed by atoms with Crippen LogP contribution in [0.15, 0.2) is 65.7 Å². The van der Waals surface area contributed by atoms with Crippen molar-refractivity contribution in [1.29, 1.82) is 0 Å². The zero-order valence-electron chi connectivity index (χ0n) is 15.2. The second kappa shape index (κ2) is 7.74. The van der Waals surface area contributed by atoms with Gasteiger partial charge in [-0.25, -0.2) is 4.98 Å². The van der Waals surface area contributed by atoms with Gasteiger partial charge in [0.15, 0.2) is 0 Å². The number of benzene rings is 2. The maximum absolute atomic E-state index is 12.7. The van der Waals surface area contributed by atoms with Gasteiger partial charge in [-0.1, -0.05) is 55.3 Å². The van der Waals surface area contributed by atoms with E-state index in [0.29, 0.717) is 16.8 Å². The molecule has 5 nitrogen and oxygen atoms in total. The Balaban J connectivity index is 1.55. The van der Waals surface area contributed by atoms with Crippen LogP contribution in [0.25, 0.3) is 10.9 Å². The summed E-state index contributed by atoms with van der Waals surface area (Å²) in [5.74, 6) is 0.290. The molecule has 0 radical (unpaired) electrons. The molecule has 1 atom stereocenters. The summed E-state index contributed by atoms with van der Waals surface area (Å²) in [7, 11) is 0. The first-order valence-electron chi connectivity index (χ1n) is 9.51. The average molecular weight is 361 g/mol. The topological polar surface area (TPSA) is 64.0 Å². The first-order chi connectivity index (χ1) is 13.2. The number of nitrogens with zero attached hydrogens (tertiary/aromatic N) is 2. The molecule has 1 heterocycles. The lowest BCUT2D eigenvalue weighted by Crippen LogP contribution is -2.37. The summed E-state index contributed by atoms with van der Waals surface area (Å²) >= 11 is 0. The number of amides is 1. The summed E-state index contributed by atoms with van der Waals surface area (Å²) in [6, 6.07) is 17.3. The van der Waals surface area contributed by atoms with Gasteiger partial charge >= 0.3 is 0 Å². The lowest BCUT2D eigenvalue weighted by Gasteiger charge is -2.25. The Hall–Kier alpha value is -2.95. The first kappa shape index (κ1) is 17.5. The Morgan fingerprint density at radius 3 is 2.56 bits per heavy atom. The molecule has 3 aromatic rings. The highest BCUT2D eigenvalue weighted by molar-refractivity contribution is 5.79. The summed E-state index contributed by atoms with van der Waals surface area (Å²) < 4.78 is 1.38. The van der Waals surface area contributed by atoms with Crippen molar-refractivity contribution in [2.75, 3.05) is 0 Å². The highest BCUT2D eigenvalue weighted by Gasteiger charge is 2.27. The molecule has 1 fully saturated rings. The van der Waals surface area contributed by atoms with Crippen LogP contribution in [0.3, 0.4) is 0 Å². The Labute approximate surface area is 158 Å². The number of hydrogen-bond acceptors (Lipinski definition) is 3. The van der Waals surface area contributed by atoms with Crippen molar-refractivity contribution in [2.45, 2.75) is 38.3 Å². The number of hydrogen-bond donors (Lipinski definition) is 1. The van der Waals surface area contributed by atoms with E-state index in [0.717, 1.165) is 18.4 Å². The molecule has 1 amide bonds. The smallest absolute Gasteiger partial charge is 0.261 e. The largest absolute Gasteiger partial charge is 0.347 e. The second-order valence-electron chi connectivity index (χ2n) is 7.20. The number of nitrogens with one attached hydrogen (secondary N) is 1. The van der Waals surface area contributed by atoms with Crippen LogP contribution >= 0.6 is 0 Å². The molecule has 138 valence electrons. The Morgan fingerprint density at radius 2 is 1.78 bits per heavy atom. The van der Waals surface area contributed by atoms with Gasteiger partial charge in [0.1, 0.15) is 6.54 Å². The van der Waals surface area contributed by atoms with Crippen molar-refractivity contribution >= 4 is 16.8 Å². The molecule has 2 aromatic carbocycles. The third kappa shape index (κ3) is 3.77. The van der Waals surface area contributed by atoms with Crippen LogP contribution in [0.1, 0.15) is 37.3 Å². The number of carbonyl (C=O) groups is 1. The molecule has 0 bridgehead atoms. The van der Waals surface area contributed by atoms with E-state index in [2.05, 4.69) is 22.4 Å². The fraction of sp³-hybridized carbons (Fsp3) is 0.318. The fourth-order valence-electron chi connectivity index (χ4n) is 4.02. The molecule has 4 rings (SSSR count). The van der Waals surface area contributed by atoms with Crippen LogP contribution in [0.4, 0.5) is 0 Å². The van der Waals surface area contributed by atoms with Crippen molar-refractivity contribution in [1.82, 2.24) is 14.9 Å². The van der Waals surface area contributed by atoms with Gasteiger partial charge < -0.3 is 5.32 Å². The maximum Gasteiger partial charge on any atom is 0.261 e. The predicted molar refractivity (Wildman–Crippen MR) is 105 cm³/mol. The predicted octanol–water partition coefficient (Wildman–Crippen LogP) is 3.44. The van der Waals surface area contributed by atoms with Crippen LogP contribution in [-0.4, -0.2) is 15.5 Å². The van der Waals surface area contributed by atoms with E-state index in [1.165, 1.54) is 23.7 Å². The van der Waals surface area contributed by atoms with E-state index in [9.17, 15) is 9.59 Å². The van der Waals surface area contributed by atoms with E-state index in [1.807, 2.05) is 24.3 Å². The Kier molecular flexibility index (Phi) is 5.01. The molecule has 27 heavy (non-hydrogen) atoms. The highest BCUT2D eigenvalue weighted by Crippen LogP contribution is 2.35. The van der Waals surface area contributed by atoms with E-state index < -0.39 is 0 Å². The zero-order valence-corrected chi connectivity index (χ0v) is 15.2. The van der Waals surface area contributed by atoms with E-state index in [1.54, 1.807) is 18.2 Å². The van der Waals surface area contributed by atoms with Crippen molar-refractivity contribution < 1.29 is 4.79 Å². The molecule has 0 spiro atoms. The zero-order chi connectivity index (χ0) is 18.6. The normalized spacial score (nSPS) is 15.7. The average Bonchev–Trinajstić information content (AvgIpc) is 3.24. The molecule has 5 heteroatoms. The third-order valence-electron chi connectivity index (χ3n) is 5.39. The van der Waals surface area contributed by atoms with Crippen LogP contribution in [0.2, 0.25) is 0 Å². The molecule has 0 saturated heterocycles. The van der Waals surface area contributed by atoms with Crippen molar-refractivity contribution in [3.05, 3.63) is 76.8 Å². The van der Waals surface area contributed by atoms with E-state index >= 15 is 0 Å². The summed E-state index contributed by atoms with van der Waals surface area (Å²) in [6.07, 6.45) is 6.11. The van der Waals surface area contributed by atoms with Gasteiger partial charge in [0, 0.05) is 0 Å². The molecule has 0 aliphatic heterocycles. The van der Waals surface area contributed by atoms with Gasteiger partial charge in [0.25, 0.3) is 5.56 Å². The minimum absolute atomic E-state index is 0.00897. The third-order valence-corrected chi connectivity index (χ3v) is 5.39. The SMILES string of the molecule is O=C(Cn1cnc2ccccc2c1=O)NC(c1ccccc1)C1CCCC1. The fourth-order valence-corrected chi connectivity index (χ4v) is 4.02. The summed E-state index contributed by atoms with van der Waals surface area (Å²) in [6.45, 7) is -0.0211. The molecule has 1 aliphatic carbocycles. The quantitative estimate of drug-likeness (QED) is 0.757. The van der Waals surface area contributed by atoms with E-state index in [-0.39, 0.29) is 24.1 Å². The maximum atomic E-state index is 12.7. The molecule has 1 N–H and O–H groups in total. The number of para-hydroxylation sites is 1. The van der Waals surface area contributed by atoms with Crippen LogP contribution in [0.5, 0.6) is 0 Å². The minimum Gasteiger partial charge on any atom is -0.347 e. The molecule has 1 saturated carbocycles. The van der Waals surface area contributed by atoms with Gasteiger partial charge in [-0.05, 0) is 36.5 Å². The summed E-state index contributed by atoms with van der Waals surface area (Å²) in [5, 5.41) is 3.70. The molecule has 1 aromatic heterocycles. The molecular weight excluding hydrogens is 338 g/mol. The van der Waals surface area contributed by atoms with Crippen molar-refractivity contribution in [3.63, 3.8) is 0 Å². The summed E-state index contributed by atoms with van der Waals surface area (Å²) in [4.78, 5) is 29.7. The Morgan fingerprint density at radius 1 is 1.07 bits per heavy atom. The molecular formula is C22H23N3O2. The van der Waals surface area contributed by atoms with E-state index in [4.69, 9.17) is 0 Å². The second-order valence-corrected chi connectivity index (χ2v) is 7.20. The lowest BCUT2D eigenvalue weighted by molar-refractivity contribution is -0.122. The molecule has 1 aliphatic rings. The monoisotopic (exact) mass is 361 g/mol. The van der Waals surface area contributed by atoms with Gasteiger partial charge in [0.2, 0.25) is 5.91 Å². The first-order valence-corrected chi connectivity index (χ1v) is 9.51. The number of carbonyl (C=O) groups excluding carboxylic acids is 1.